The van der Waals surface area contributed by atoms with Crippen LogP contribution in [0.5, 0.6) is 17.2 Å². The van der Waals surface area contributed by atoms with E-state index < -0.39 is 5.92 Å². The van der Waals surface area contributed by atoms with Gasteiger partial charge in [-0.25, -0.2) is 0 Å². The van der Waals surface area contributed by atoms with Crippen LogP contribution in [-0.4, -0.2) is 16.8 Å². The van der Waals surface area contributed by atoms with Gasteiger partial charge in [0.25, 0.3) is 5.56 Å². The van der Waals surface area contributed by atoms with Crippen molar-refractivity contribution in [3.05, 3.63) is 62.9 Å². The van der Waals surface area contributed by atoms with Crippen LogP contribution in [0.15, 0.2) is 40.5 Å². The number of nitrogens with zero attached hydrogens (tertiary/aromatic N) is 2. The number of phenols is 1. The number of hydrogen-bond acceptors (Lipinski definition) is 6. The third-order valence-electron chi connectivity index (χ3n) is 4.39. The molecule has 0 fully saturated rings. The second kappa shape index (κ2) is 5.91. The van der Waals surface area contributed by atoms with Crippen molar-refractivity contribution in [1.29, 1.82) is 5.26 Å². The highest BCUT2D eigenvalue weighted by atomic mass is 16.5. The zero-order chi connectivity index (χ0) is 18.3. The topological polar surface area (TPSA) is 110 Å². The third kappa shape index (κ3) is 2.48. The molecule has 0 radical (unpaired) electrons. The quantitative estimate of drug-likeness (QED) is 0.860. The summed E-state index contributed by atoms with van der Waals surface area (Å²) in [4.78, 5) is 12.8. The largest absolute Gasteiger partial charge is 0.504 e. The monoisotopic (exact) mass is 339 g/mol. The van der Waals surface area contributed by atoms with E-state index in [4.69, 9.17) is 15.2 Å². The van der Waals surface area contributed by atoms with Crippen molar-refractivity contribution in [2.75, 3.05) is 7.11 Å². The summed E-state index contributed by atoms with van der Waals surface area (Å²) in [5.74, 6) is -0.215. The molecule has 2 aromatic rings. The highest BCUT2D eigenvalue weighted by Gasteiger charge is 2.34. The number of nitrogens with two attached hydrogens (primary N) is 1. The number of aryl methyl sites for hydroxylation is 1. The van der Waals surface area contributed by atoms with Crippen molar-refractivity contribution in [2.45, 2.75) is 12.8 Å². The van der Waals surface area contributed by atoms with Crippen molar-refractivity contribution in [3.63, 3.8) is 0 Å². The SMILES string of the molecule is COc1cc([C@H]2C(C#N)=C(N)Oc3cc(C)n(C)c(=O)c32)ccc1O. The molecule has 0 amide bonds. The lowest BCUT2D eigenvalue weighted by Crippen LogP contribution is -2.31. The van der Waals surface area contributed by atoms with E-state index in [2.05, 4.69) is 0 Å². The average Bonchev–Trinajstić information content (AvgIpc) is 2.59. The van der Waals surface area contributed by atoms with E-state index in [9.17, 15) is 15.2 Å². The molecule has 0 bridgehead atoms. The molecule has 3 rings (SSSR count). The van der Waals surface area contributed by atoms with Crippen LogP contribution >= 0.6 is 0 Å². The van der Waals surface area contributed by atoms with Crippen molar-refractivity contribution in [2.24, 2.45) is 12.8 Å². The van der Waals surface area contributed by atoms with Crippen LogP contribution in [0.3, 0.4) is 0 Å². The summed E-state index contributed by atoms with van der Waals surface area (Å²) < 4.78 is 12.2. The summed E-state index contributed by atoms with van der Waals surface area (Å²) >= 11 is 0. The first-order chi connectivity index (χ1) is 11.9. The maximum atomic E-state index is 12.8. The number of nitriles is 1. The van der Waals surface area contributed by atoms with Crippen molar-refractivity contribution < 1.29 is 14.6 Å². The highest BCUT2D eigenvalue weighted by molar-refractivity contribution is 5.57. The Balaban J connectivity index is 2.34. The summed E-state index contributed by atoms with van der Waals surface area (Å²) in [7, 11) is 3.08. The molecular formula is C18H17N3O4. The van der Waals surface area contributed by atoms with Crippen molar-refractivity contribution >= 4 is 0 Å². The Morgan fingerprint density at radius 3 is 2.76 bits per heavy atom. The Hall–Kier alpha value is -3.40. The van der Waals surface area contributed by atoms with Gasteiger partial charge in [0.15, 0.2) is 11.5 Å². The zero-order valence-electron chi connectivity index (χ0n) is 14.0. The highest BCUT2D eigenvalue weighted by Crippen LogP contribution is 2.42. The summed E-state index contributed by atoms with van der Waals surface area (Å²) in [6.45, 7) is 1.78. The number of aromatic nitrogens is 1. The molecular weight excluding hydrogens is 322 g/mol. The minimum atomic E-state index is -0.706. The Labute approximate surface area is 144 Å². The van der Waals surface area contributed by atoms with Crippen LogP contribution in [-0.2, 0) is 7.05 Å². The van der Waals surface area contributed by atoms with E-state index >= 15 is 0 Å². The van der Waals surface area contributed by atoms with Gasteiger partial charge < -0.3 is 24.9 Å². The van der Waals surface area contributed by atoms with Crippen LogP contribution in [0.1, 0.15) is 22.7 Å². The molecule has 3 N–H and O–H groups in total. The molecule has 0 unspecified atom stereocenters. The van der Waals surface area contributed by atoms with E-state index in [0.717, 1.165) is 0 Å². The van der Waals surface area contributed by atoms with Gasteiger partial charge in [-0.3, -0.25) is 4.79 Å². The van der Waals surface area contributed by atoms with E-state index in [1.165, 1.54) is 17.7 Å². The first kappa shape index (κ1) is 16.5. The fraction of sp³-hybridized carbons (Fsp3) is 0.222. The van der Waals surface area contributed by atoms with E-state index in [1.807, 2.05) is 6.07 Å². The van der Waals surface area contributed by atoms with Crippen molar-refractivity contribution in [3.8, 4) is 23.3 Å². The maximum absolute atomic E-state index is 12.8. The molecule has 0 spiro atoms. The number of benzene rings is 1. The molecule has 0 saturated heterocycles. The lowest BCUT2D eigenvalue weighted by molar-refractivity contribution is 0.372. The Bertz CT molecular complexity index is 999. The summed E-state index contributed by atoms with van der Waals surface area (Å²) in [5, 5.41) is 19.4. The fourth-order valence-electron chi connectivity index (χ4n) is 2.95. The smallest absolute Gasteiger partial charge is 0.258 e. The van der Waals surface area contributed by atoms with Gasteiger partial charge in [-0.1, -0.05) is 6.07 Å². The summed E-state index contributed by atoms with van der Waals surface area (Å²) in [5.41, 5.74) is 7.41. The molecule has 1 atom stereocenters. The number of aromatic hydroxyl groups is 1. The molecule has 1 aromatic carbocycles. The molecule has 25 heavy (non-hydrogen) atoms. The molecule has 7 nitrogen and oxygen atoms in total. The minimum absolute atomic E-state index is 0.0363. The van der Waals surface area contributed by atoms with Gasteiger partial charge in [-0.05, 0) is 24.6 Å². The van der Waals surface area contributed by atoms with E-state index in [-0.39, 0.29) is 28.5 Å². The fourth-order valence-corrected chi connectivity index (χ4v) is 2.95. The lowest BCUT2D eigenvalue weighted by Gasteiger charge is -2.27. The zero-order valence-corrected chi connectivity index (χ0v) is 14.0. The van der Waals surface area contributed by atoms with Crippen LogP contribution in [0.2, 0.25) is 0 Å². The number of hydrogen-bond donors (Lipinski definition) is 2. The van der Waals surface area contributed by atoms with E-state index in [0.29, 0.717) is 22.6 Å². The predicted octanol–water partition coefficient (Wildman–Crippen LogP) is 1.63. The van der Waals surface area contributed by atoms with Crippen LogP contribution in [0, 0.1) is 18.3 Å². The van der Waals surface area contributed by atoms with Gasteiger partial charge in [0.1, 0.15) is 17.4 Å². The van der Waals surface area contributed by atoms with Gasteiger partial charge in [-0.15, -0.1) is 0 Å². The molecule has 2 heterocycles. The Morgan fingerprint density at radius 1 is 1.40 bits per heavy atom. The Morgan fingerprint density at radius 2 is 2.12 bits per heavy atom. The average molecular weight is 339 g/mol. The first-order valence-corrected chi connectivity index (χ1v) is 7.54. The van der Waals surface area contributed by atoms with Crippen LogP contribution < -0.4 is 20.8 Å². The minimum Gasteiger partial charge on any atom is -0.504 e. The van der Waals surface area contributed by atoms with Crippen LogP contribution in [0.25, 0.3) is 0 Å². The summed E-state index contributed by atoms with van der Waals surface area (Å²) in [6, 6.07) is 8.41. The molecule has 1 aromatic heterocycles. The number of methoxy groups -OCH3 is 1. The van der Waals surface area contributed by atoms with Gasteiger partial charge in [-0.2, -0.15) is 5.26 Å². The number of ether oxygens (including phenoxy) is 2. The number of fused-ring (bicyclic) bond motifs is 1. The predicted molar refractivity (Wildman–Crippen MR) is 90.4 cm³/mol. The second-order valence-corrected chi connectivity index (χ2v) is 5.78. The number of phenolic OH excluding ortho intramolecular Hbond substituents is 1. The molecule has 7 heteroatoms. The van der Waals surface area contributed by atoms with Gasteiger partial charge in [0.05, 0.1) is 18.6 Å². The number of pyridine rings is 1. The molecule has 0 aliphatic carbocycles. The maximum Gasteiger partial charge on any atom is 0.258 e. The van der Waals surface area contributed by atoms with Gasteiger partial charge in [0, 0.05) is 18.8 Å². The van der Waals surface area contributed by atoms with Gasteiger partial charge >= 0.3 is 0 Å². The summed E-state index contributed by atoms with van der Waals surface area (Å²) in [6.07, 6.45) is 0. The Kier molecular flexibility index (Phi) is 3.89. The molecule has 128 valence electrons. The first-order valence-electron chi connectivity index (χ1n) is 7.54. The number of allylic oxidation sites excluding steroid dienone is 1. The molecule has 1 aliphatic rings. The third-order valence-corrected chi connectivity index (χ3v) is 4.39. The normalized spacial score (nSPS) is 16.0. The standard InChI is InChI=1S/C18H17N3O4/c1-9-6-14-16(18(23)21(9)2)15(11(8-19)17(20)25-14)10-4-5-12(22)13(7-10)24-3/h4-7,15,22H,20H2,1-3H3/t15-/m0/s1. The number of rotatable bonds is 2. The van der Waals surface area contributed by atoms with Gasteiger partial charge in [0.2, 0.25) is 5.88 Å². The molecule has 0 saturated carbocycles. The lowest BCUT2D eigenvalue weighted by atomic mass is 9.84. The van der Waals surface area contributed by atoms with Crippen LogP contribution in [0.4, 0.5) is 0 Å². The molecule has 1 aliphatic heterocycles. The van der Waals surface area contributed by atoms with E-state index in [1.54, 1.807) is 32.2 Å². The second-order valence-electron chi connectivity index (χ2n) is 5.78. The van der Waals surface area contributed by atoms with Crippen molar-refractivity contribution in [1.82, 2.24) is 4.57 Å².